The second kappa shape index (κ2) is 13.6. The topological polar surface area (TPSA) is 114 Å². The largest absolute Gasteiger partial charge is 0.484 e. The standard InChI is InChI=1S/C34H31ClF3N5O4/c35-22-2-4-29(25(37)17-22)46-19-27-24(36)3-5-31(40-27)47-23-7-13-42(14-8-23)18-30-41-33-26(38)15-21(1-6-32(44)45)16-28(33)43(30)20-34(9-10-34)11-12-39/h1-6,15-17,23H,7-11,13-14,18-20H2,(H,44,45)/b6-1+. The van der Waals surface area contributed by atoms with Gasteiger partial charge in [0.25, 0.3) is 0 Å². The van der Waals surface area contributed by atoms with Crippen molar-refractivity contribution >= 4 is 34.7 Å². The molecule has 9 nitrogen and oxygen atoms in total. The van der Waals surface area contributed by atoms with Gasteiger partial charge in [-0.3, -0.25) is 4.90 Å². The lowest BCUT2D eigenvalue weighted by Crippen LogP contribution is -2.38. The molecule has 0 atom stereocenters. The summed E-state index contributed by atoms with van der Waals surface area (Å²) < 4.78 is 57.2. The fraction of sp³-hybridized carbons (Fsp3) is 0.353. The minimum Gasteiger partial charge on any atom is -0.484 e. The summed E-state index contributed by atoms with van der Waals surface area (Å²) in [6, 6.07) is 11.9. The summed E-state index contributed by atoms with van der Waals surface area (Å²) in [5.41, 5.74) is 0.977. The molecule has 3 heterocycles. The molecule has 1 N–H and O–H groups in total. The van der Waals surface area contributed by atoms with Crippen LogP contribution in [-0.4, -0.2) is 49.7 Å². The van der Waals surface area contributed by atoms with Crippen molar-refractivity contribution in [1.29, 1.82) is 5.26 Å². The molecule has 6 rings (SSSR count). The number of ether oxygens (including phenoxy) is 2. The van der Waals surface area contributed by atoms with Crippen LogP contribution in [0.4, 0.5) is 13.2 Å². The number of hydrogen-bond donors (Lipinski definition) is 1. The normalized spacial score (nSPS) is 16.4. The number of nitriles is 1. The Labute approximate surface area is 273 Å². The zero-order valence-corrected chi connectivity index (χ0v) is 26.0. The van der Waals surface area contributed by atoms with Gasteiger partial charge in [-0.15, -0.1) is 0 Å². The lowest BCUT2D eigenvalue weighted by atomic mass is 10.0. The third-order valence-electron chi connectivity index (χ3n) is 8.57. The lowest BCUT2D eigenvalue weighted by Gasteiger charge is -2.32. The van der Waals surface area contributed by atoms with Crippen LogP contribution in [0.15, 0.2) is 48.5 Å². The van der Waals surface area contributed by atoms with Gasteiger partial charge in [0.2, 0.25) is 5.88 Å². The van der Waals surface area contributed by atoms with E-state index in [1.165, 1.54) is 36.4 Å². The van der Waals surface area contributed by atoms with Crippen LogP contribution < -0.4 is 9.47 Å². The number of pyridine rings is 1. The molecule has 0 unspecified atom stereocenters. The van der Waals surface area contributed by atoms with Gasteiger partial charge in [0.15, 0.2) is 17.4 Å². The Balaban J connectivity index is 1.13. The van der Waals surface area contributed by atoms with Gasteiger partial charge in [0.05, 0.1) is 18.1 Å². The molecular formula is C34H31ClF3N5O4. The van der Waals surface area contributed by atoms with Crippen molar-refractivity contribution in [2.45, 2.75) is 57.9 Å². The lowest BCUT2D eigenvalue weighted by molar-refractivity contribution is -0.131. The zero-order chi connectivity index (χ0) is 33.1. The molecule has 1 saturated carbocycles. The first-order valence-corrected chi connectivity index (χ1v) is 15.6. The number of halogens is 4. The highest BCUT2D eigenvalue weighted by Gasteiger charge is 2.43. The number of carboxylic acids is 1. The molecule has 1 saturated heterocycles. The maximum Gasteiger partial charge on any atom is 0.328 e. The maximum atomic E-state index is 15.2. The molecule has 0 radical (unpaired) electrons. The van der Waals surface area contributed by atoms with E-state index >= 15 is 4.39 Å². The Morgan fingerprint density at radius 3 is 2.57 bits per heavy atom. The second-order valence-electron chi connectivity index (χ2n) is 12.0. The molecular weight excluding hydrogens is 635 g/mol. The number of aromatic nitrogens is 3. The van der Waals surface area contributed by atoms with Crippen LogP contribution in [0.2, 0.25) is 5.02 Å². The SMILES string of the molecule is N#CCC1(Cn2c(CN3CCC(Oc4ccc(F)c(COc5ccc(Cl)cc5F)n4)CC3)nc3c(F)cc(/C=C/C(=O)O)cc32)CC1. The molecule has 47 heavy (non-hydrogen) atoms. The van der Waals surface area contributed by atoms with E-state index in [2.05, 4.69) is 20.9 Å². The van der Waals surface area contributed by atoms with Gasteiger partial charge in [-0.25, -0.2) is 27.9 Å². The van der Waals surface area contributed by atoms with Gasteiger partial charge >= 0.3 is 5.97 Å². The van der Waals surface area contributed by atoms with E-state index in [-0.39, 0.29) is 46.0 Å². The van der Waals surface area contributed by atoms with Crippen molar-refractivity contribution in [3.05, 3.63) is 88.1 Å². The number of hydrogen-bond acceptors (Lipinski definition) is 7. The van der Waals surface area contributed by atoms with Crippen molar-refractivity contribution in [2.75, 3.05) is 13.1 Å². The van der Waals surface area contributed by atoms with E-state index in [1.54, 1.807) is 6.07 Å². The van der Waals surface area contributed by atoms with Crippen LogP contribution >= 0.6 is 11.6 Å². The molecule has 2 aliphatic rings. The summed E-state index contributed by atoms with van der Waals surface area (Å²) in [6.45, 7) is 1.97. The van der Waals surface area contributed by atoms with E-state index in [0.717, 1.165) is 25.0 Å². The number of carboxylic acid groups (broad SMARTS) is 1. The zero-order valence-electron chi connectivity index (χ0n) is 25.3. The number of carbonyl (C=O) groups is 1. The van der Waals surface area contributed by atoms with E-state index in [1.807, 2.05) is 4.57 Å². The van der Waals surface area contributed by atoms with Crippen molar-refractivity contribution in [2.24, 2.45) is 5.41 Å². The number of rotatable bonds is 12. The van der Waals surface area contributed by atoms with E-state index in [9.17, 15) is 18.8 Å². The van der Waals surface area contributed by atoms with Gasteiger partial charge in [-0.1, -0.05) is 11.6 Å². The Bertz CT molecular complexity index is 1880. The Hall–Kier alpha value is -4.60. The third kappa shape index (κ3) is 7.69. The van der Waals surface area contributed by atoms with E-state index in [0.29, 0.717) is 62.3 Å². The monoisotopic (exact) mass is 665 g/mol. The van der Waals surface area contributed by atoms with Crippen molar-refractivity contribution in [3.8, 4) is 17.7 Å². The van der Waals surface area contributed by atoms with Gasteiger partial charge < -0.3 is 19.1 Å². The quantitative estimate of drug-likeness (QED) is 0.162. The number of fused-ring (bicyclic) bond motifs is 1. The number of imidazole rings is 1. The van der Waals surface area contributed by atoms with Crippen molar-refractivity contribution in [1.82, 2.24) is 19.4 Å². The fourth-order valence-corrected chi connectivity index (χ4v) is 5.97. The van der Waals surface area contributed by atoms with Crippen LogP contribution in [0, 0.1) is 34.2 Å². The van der Waals surface area contributed by atoms with E-state index < -0.39 is 23.4 Å². The van der Waals surface area contributed by atoms with Crippen LogP contribution in [0.5, 0.6) is 11.6 Å². The van der Waals surface area contributed by atoms with Gasteiger partial charge in [-0.05, 0) is 73.7 Å². The Morgan fingerprint density at radius 2 is 1.87 bits per heavy atom. The van der Waals surface area contributed by atoms with Crippen molar-refractivity contribution in [3.63, 3.8) is 0 Å². The van der Waals surface area contributed by atoms with Gasteiger partial charge in [0.1, 0.15) is 35.6 Å². The summed E-state index contributed by atoms with van der Waals surface area (Å²) in [5, 5.41) is 18.7. The van der Waals surface area contributed by atoms with Crippen LogP contribution in [-0.2, 0) is 24.5 Å². The van der Waals surface area contributed by atoms with Crippen molar-refractivity contribution < 1.29 is 32.5 Å². The second-order valence-corrected chi connectivity index (χ2v) is 12.5. The third-order valence-corrected chi connectivity index (χ3v) is 8.81. The van der Waals surface area contributed by atoms with E-state index in [4.69, 9.17) is 26.2 Å². The molecule has 0 amide bonds. The fourth-order valence-electron chi connectivity index (χ4n) is 5.81. The van der Waals surface area contributed by atoms with Crippen LogP contribution in [0.3, 0.4) is 0 Å². The van der Waals surface area contributed by atoms with Gasteiger partial charge in [0, 0.05) is 48.6 Å². The van der Waals surface area contributed by atoms with Crippen LogP contribution in [0.1, 0.15) is 49.2 Å². The molecule has 1 aliphatic carbocycles. The highest BCUT2D eigenvalue weighted by atomic mass is 35.5. The first-order valence-electron chi connectivity index (χ1n) is 15.2. The maximum absolute atomic E-state index is 15.2. The predicted molar refractivity (Wildman–Crippen MR) is 167 cm³/mol. The summed E-state index contributed by atoms with van der Waals surface area (Å²) in [6.07, 6.45) is 5.61. The molecule has 2 fully saturated rings. The minimum atomic E-state index is -1.13. The predicted octanol–water partition coefficient (Wildman–Crippen LogP) is 6.92. The molecule has 4 aromatic rings. The summed E-state index contributed by atoms with van der Waals surface area (Å²) in [7, 11) is 0. The molecule has 1 aliphatic heterocycles. The molecule has 0 bridgehead atoms. The number of benzene rings is 2. The number of aliphatic carboxylic acids is 1. The first kappa shape index (κ1) is 32.3. The van der Waals surface area contributed by atoms with Crippen LogP contribution in [0.25, 0.3) is 17.1 Å². The summed E-state index contributed by atoms with van der Waals surface area (Å²) in [4.78, 5) is 22.2. The molecule has 2 aromatic carbocycles. The summed E-state index contributed by atoms with van der Waals surface area (Å²) >= 11 is 5.78. The average molecular weight is 666 g/mol. The smallest absolute Gasteiger partial charge is 0.328 e. The minimum absolute atomic E-state index is 0.0214. The highest BCUT2D eigenvalue weighted by molar-refractivity contribution is 6.30. The Morgan fingerprint density at radius 1 is 1.09 bits per heavy atom. The number of piperidine rings is 1. The first-order chi connectivity index (χ1) is 22.6. The molecule has 2 aromatic heterocycles. The number of likely N-dealkylation sites (tertiary alicyclic amines) is 1. The number of nitrogens with zero attached hydrogens (tertiary/aromatic N) is 5. The average Bonchev–Trinajstić information content (AvgIpc) is 3.72. The molecule has 0 spiro atoms. The molecule has 244 valence electrons. The Kier molecular flexibility index (Phi) is 9.38. The highest BCUT2D eigenvalue weighted by Crippen LogP contribution is 2.50. The summed E-state index contributed by atoms with van der Waals surface area (Å²) in [5.74, 6) is -2.11. The van der Waals surface area contributed by atoms with Gasteiger partial charge in [-0.2, -0.15) is 5.26 Å². The molecule has 13 heteroatoms.